The lowest BCUT2D eigenvalue weighted by molar-refractivity contribution is -0.117. The molecule has 0 saturated carbocycles. The van der Waals surface area contributed by atoms with Crippen LogP contribution in [0.4, 0.5) is 11.5 Å². The van der Waals surface area contributed by atoms with Gasteiger partial charge in [-0.25, -0.2) is 4.98 Å². The Balaban J connectivity index is 2.46. The van der Waals surface area contributed by atoms with Gasteiger partial charge >= 0.3 is 0 Å². The Morgan fingerprint density at radius 1 is 1.67 bits per heavy atom. The van der Waals surface area contributed by atoms with Crippen molar-refractivity contribution in [2.24, 2.45) is 0 Å². The first-order valence-corrected chi connectivity index (χ1v) is 5.07. The first kappa shape index (κ1) is 10.2. The Bertz CT molecular complexity index is 409. The summed E-state index contributed by atoms with van der Waals surface area (Å²) in [5.41, 5.74) is 0.608. The van der Waals surface area contributed by atoms with E-state index < -0.39 is 0 Å². The molecule has 1 aromatic rings. The topological polar surface area (TPSA) is 58.1 Å². The molecular formula is C9H11ClN4O. The van der Waals surface area contributed by atoms with Crippen LogP contribution in [0.1, 0.15) is 13.3 Å². The highest BCUT2D eigenvalue weighted by Gasteiger charge is 2.30. The lowest BCUT2D eigenvalue weighted by Gasteiger charge is -2.33. The highest BCUT2D eigenvalue weighted by molar-refractivity contribution is 6.28. The van der Waals surface area contributed by atoms with Gasteiger partial charge in [-0.05, 0) is 18.0 Å². The second-order valence-corrected chi connectivity index (χ2v) is 3.74. The minimum atomic E-state index is -0.191. The average molecular weight is 227 g/mol. The number of fused-ring (bicyclic) bond motifs is 1. The van der Waals surface area contributed by atoms with Crippen LogP contribution in [0.25, 0.3) is 0 Å². The largest absolute Gasteiger partial charge is 0.346 e. The third-order valence-corrected chi connectivity index (χ3v) is 2.67. The number of hydrogen-bond donors (Lipinski definition) is 1. The van der Waals surface area contributed by atoms with E-state index in [9.17, 15) is 4.79 Å². The molecule has 0 aromatic carbocycles. The maximum atomic E-state index is 11.6. The summed E-state index contributed by atoms with van der Waals surface area (Å²) in [4.78, 5) is 21.4. The van der Waals surface area contributed by atoms with Gasteiger partial charge in [0.25, 0.3) is 0 Å². The number of carbonyl (C=O) groups is 1. The normalized spacial score (nSPS) is 19.8. The smallest absolute Gasteiger partial charge is 0.247 e. The van der Waals surface area contributed by atoms with Crippen LogP contribution in [-0.4, -0.2) is 29.0 Å². The van der Waals surface area contributed by atoms with Crippen LogP contribution in [0, 0.1) is 0 Å². The lowest BCUT2D eigenvalue weighted by atomic mass is 10.1. The van der Waals surface area contributed by atoms with Crippen molar-refractivity contribution in [3.05, 3.63) is 11.5 Å². The molecule has 1 aromatic heterocycles. The fraction of sp³-hybridized carbons (Fsp3) is 0.444. The molecule has 1 aliphatic heterocycles. The van der Waals surface area contributed by atoms with Crippen molar-refractivity contribution in [2.45, 2.75) is 19.4 Å². The number of halogens is 1. The summed E-state index contributed by atoms with van der Waals surface area (Å²) in [6.45, 7) is 1.95. The van der Waals surface area contributed by atoms with E-state index in [0.29, 0.717) is 11.5 Å². The molecule has 0 spiro atoms. The van der Waals surface area contributed by atoms with Crippen molar-refractivity contribution >= 4 is 29.0 Å². The number of hydrogen-bond acceptors (Lipinski definition) is 4. The van der Waals surface area contributed by atoms with Gasteiger partial charge < -0.3 is 10.2 Å². The van der Waals surface area contributed by atoms with E-state index in [1.54, 1.807) is 0 Å². The molecule has 1 aliphatic rings. The molecule has 0 saturated heterocycles. The fourth-order valence-corrected chi connectivity index (χ4v) is 1.84. The minimum absolute atomic E-state index is 0.0292. The first-order valence-electron chi connectivity index (χ1n) is 4.69. The third kappa shape index (κ3) is 1.63. The minimum Gasteiger partial charge on any atom is -0.346 e. The molecule has 80 valence electrons. The van der Waals surface area contributed by atoms with Gasteiger partial charge in [-0.1, -0.05) is 6.92 Å². The van der Waals surface area contributed by atoms with E-state index in [2.05, 4.69) is 15.3 Å². The van der Waals surface area contributed by atoms with Gasteiger partial charge in [-0.15, -0.1) is 0 Å². The van der Waals surface area contributed by atoms with Crippen LogP contribution in [-0.2, 0) is 4.79 Å². The maximum absolute atomic E-state index is 11.6. The molecule has 0 fully saturated rings. The van der Waals surface area contributed by atoms with Crippen LogP contribution < -0.4 is 10.2 Å². The van der Waals surface area contributed by atoms with Gasteiger partial charge in [-0.2, -0.15) is 4.98 Å². The molecule has 2 rings (SSSR count). The molecule has 5 nitrogen and oxygen atoms in total. The third-order valence-electron chi connectivity index (χ3n) is 2.49. The molecule has 1 N–H and O–H groups in total. The van der Waals surface area contributed by atoms with Gasteiger partial charge in [0, 0.05) is 7.05 Å². The van der Waals surface area contributed by atoms with E-state index in [1.807, 2.05) is 18.9 Å². The zero-order valence-electron chi connectivity index (χ0n) is 8.49. The van der Waals surface area contributed by atoms with E-state index in [0.717, 1.165) is 6.42 Å². The van der Waals surface area contributed by atoms with Gasteiger partial charge in [0.15, 0.2) is 5.82 Å². The van der Waals surface area contributed by atoms with Gasteiger partial charge in [0.1, 0.15) is 11.7 Å². The standard InChI is InChI=1S/C9H11ClN4O/c1-3-6-8(15)12-5-4-11-9(10)13-7(5)14(6)2/h4,6H,3H2,1-2H3,(H,12,15). The van der Waals surface area contributed by atoms with Crippen LogP contribution >= 0.6 is 11.6 Å². The summed E-state index contributed by atoms with van der Waals surface area (Å²) in [5.74, 6) is 0.639. The zero-order chi connectivity index (χ0) is 11.0. The Labute approximate surface area is 92.5 Å². The van der Waals surface area contributed by atoms with E-state index >= 15 is 0 Å². The summed E-state index contributed by atoms with van der Waals surface area (Å²) in [7, 11) is 1.83. The quantitative estimate of drug-likeness (QED) is 0.734. The SMILES string of the molecule is CCC1C(=O)Nc2cnc(Cl)nc2N1C. The number of anilines is 2. The lowest BCUT2D eigenvalue weighted by Crippen LogP contribution is -2.46. The Hall–Kier alpha value is -1.36. The molecular weight excluding hydrogens is 216 g/mol. The monoisotopic (exact) mass is 226 g/mol. The number of carbonyl (C=O) groups excluding carboxylic acids is 1. The summed E-state index contributed by atoms with van der Waals surface area (Å²) in [6, 6.07) is -0.191. The van der Waals surface area contributed by atoms with Gasteiger partial charge in [-0.3, -0.25) is 4.79 Å². The Kier molecular flexibility index (Phi) is 2.48. The highest BCUT2D eigenvalue weighted by atomic mass is 35.5. The predicted octanol–water partition coefficient (Wildman–Crippen LogP) is 1.30. The number of nitrogens with one attached hydrogen (secondary N) is 1. The fourth-order valence-electron chi connectivity index (χ4n) is 1.71. The van der Waals surface area contributed by atoms with Crippen molar-refractivity contribution in [1.82, 2.24) is 9.97 Å². The van der Waals surface area contributed by atoms with Crippen LogP contribution in [0.2, 0.25) is 5.28 Å². The number of likely N-dealkylation sites (N-methyl/N-ethyl adjacent to an activating group) is 1. The van der Waals surface area contributed by atoms with Gasteiger partial charge in [0.2, 0.25) is 11.2 Å². The van der Waals surface area contributed by atoms with Crippen molar-refractivity contribution < 1.29 is 4.79 Å². The summed E-state index contributed by atoms with van der Waals surface area (Å²) >= 11 is 5.71. The first-order chi connectivity index (χ1) is 7.13. The summed E-state index contributed by atoms with van der Waals surface area (Å²) < 4.78 is 0. The van der Waals surface area contributed by atoms with E-state index in [-0.39, 0.29) is 17.2 Å². The maximum Gasteiger partial charge on any atom is 0.247 e. The Morgan fingerprint density at radius 2 is 2.40 bits per heavy atom. The predicted molar refractivity (Wildman–Crippen MR) is 58.2 cm³/mol. The summed E-state index contributed by atoms with van der Waals surface area (Å²) in [6.07, 6.45) is 2.24. The number of nitrogens with zero attached hydrogens (tertiary/aromatic N) is 3. The van der Waals surface area contributed by atoms with Crippen molar-refractivity contribution in [3.63, 3.8) is 0 Å². The zero-order valence-corrected chi connectivity index (χ0v) is 9.25. The molecule has 0 aliphatic carbocycles. The van der Waals surface area contributed by atoms with E-state index in [1.165, 1.54) is 6.20 Å². The van der Waals surface area contributed by atoms with Crippen molar-refractivity contribution in [2.75, 3.05) is 17.3 Å². The van der Waals surface area contributed by atoms with Gasteiger partial charge in [0.05, 0.1) is 6.20 Å². The molecule has 0 radical (unpaired) electrons. The van der Waals surface area contributed by atoms with E-state index in [4.69, 9.17) is 11.6 Å². The molecule has 1 amide bonds. The molecule has 1 unspecified atom stereocenters. The molecule has 15 heavy (non-hydrogen) atoms. The average Bonchev–Trinajstić information content (AvgIpc) is 2.20. The van der Waals surface area contributed by atoms with Crippen LogP contribution in [0.3, 0.4) is 0 Å². The van der Waals surface area contributed by atoms with Crippen LogP contribution in [0.15, 0.2) is 6.20 Å². The molecule has 2 heterocycles. The number of aromatic nitrogens is 2. The molecule has 6 heteroatoms. The van der Waals surface area contributed by atoms with Crippen LogP contribution in [0.5, 0.6) is 0 Å². The Morgan fingerprint density at radius 3 is 3.07 bits per heavy atom. The molecule has 0 bridgehead atoms. The van der Waals surface area contributed by atoms with Crippen molar-refractivity contribution in [3.8, 4) is 0 Å². The number of amides is 1. The second kappa shape index (κ2) is 3.66. The highest BCUT2D eigenvalue weighted by Crippen LogP contribution is 2.29. The van der Waals surface area contributed by atoms with Crippen molar-refractivity contribution in [1.29, 1.82) is 0 Å². The second-order valence-electron chi connectivity index (χ2n) is 3.40. The molecule has 1 atom stereocenters. The number of rotatable bonds is 1. The summed E-state index contributed by atoms with van der Waals surface area (Å²) in [5, 5.41) is 2.94.